The number of carbonyl (C=O) groups excluding carboxylic acids is 1. The second kappa shape index (κ2) is 6.53. The number of nitrogens with zero attached hydrogens (tertiary/aromatic N) is 4. The van der Waals surface area contributed by atoms with E-state index in [0.717, 1.165) is 25.7 Å². The Morgan fingerprint density at radius 2 is 1.88 bits per heavy atom. The fourth-order valence-electron chi connectivity index (χ4n) is 4.43. The molecule has 3 aliphatic rings. The molecule has 4 rings (SSSR count). The van der Waals surface area contributed by atoms with Crippen LogP contribution >= 0.6 is 0 Å². The number of rotatable bonds is 3. The van der Waals surface area contributed by atoms with Gasteiger partial charge in [-0.05, 0) is 38.5 Å². The Labute approximate surface area is 154 Å². The second-order valence-corrected chi connectivity index (χ2v) is 9.64. The molecule has 1 spiro atoms. The van der Waals surface area contributed by atoms with Crippen molar-refractivity contribution in [1.82, 2.24) is 18.8 Å². The van der Waals surface area contributed by atoms with Crippen molar-refractivity contribution in [3.63, 3.8) is 0 Å². The average molecular weight is 382 g/mol. The van der Waals surface area contributed by atoms with E-state index in [1.807, 2.05) is 4.90 Å². The van der Waals surface area contributed by atoms with Gasteiger partial charge >= 0.3 is 6.09 Å². The van der Waals surface area contributed by atoms with Crippen LogP contribution in [-0.4, -0.2) is 64.5 Å². The number of aromatic nitrogens is 2. The third kappa shape index (κ3) is 3.11. The van der Waals surface area contributed by atoms with Crippen LogP contribution in [0.3, 0.4) is 0 Å². The summed E-state index contributed by atoms with van der Waals surface area (Å²) in [6, 6.07) is 0.0546. The second-order valence-electron chi connectivity index (χ2n) is 7.75. The molecule has 0 atom stereocenters. The molecule has 8 nitrogen and oxygen atoms in total. The number of amides is 1. The van der Waals surface area contributed by atoms with Gasteiger partial charge < -0.3 is 14.2 Å². The fraction of sp³-hybridized carbons (Fsp3) is 0.765. The summed E-state index contributed by atoms with van der Waals surface area (Å²) >= 11 is 0. The van der Waals surface area contributed by atoms with Crippen molar-refractivity contribution in [1.29, 1.82) is 0 Å². The number of sulfonamides is 1. The zero-order valence-electron chi connectivity index (χ0n) is 15.1. The highest BCUT2D eigenvalue weighted by Gasteiger charge is 2.48. The summed E-state index contributed by atoms with van der Waals surface area (Å²) in [5, 5.41) is 0.0835. The van der Waals surface area contributed by atoms with Gasteiger partial charge in [0.05, 0.1) is 12.9 Å². The van der Waals surface area contributed by atoms with Crippen LogP contribution in [0, 0.1) is 0 Å². The van der Waals surface area contributed by atoms with Crippen molar-refractivity contribution < 1.29 is 17.9 Å². The smallest absolute Gasteiger partial charge is 0.410 e. The highest BCUT2D eigenvalue weighted by Crippen LogP contribution is 2.39. The van der Waals surface area contributed by atoms with Gasteiger partial charge in [-0.1, -0.05) is 6.42 Å². The molecule has 0 unspecified atom stereocenters. The van der Waals surface area contributed by atoms with Crippen LogP contribution in [0.4, 0.5) is 4.79 Å². The molecule has 3 fully saturated rings. The molecule has 1 amide bonds. The molecular formula is C17H26N4O4S. The zero-order chi connectivity index (χ0) is 18.4. The number of piperidine rings is 1. The third-order valence-corrected chi connectivity index (χ3v) is 7.70. The first-order valence-electron chi connectivity index (χ1n) is 9.37. The predicted octanol–water partition coefficient (Wildman–Crippen LogP) is 1.73. The summed E-state index contributed by atoms with van der Waals surface area (Å²) < 4.78 is 34.2. The Morgan fingerprint density at radius 1 is 1.19 bits per heavy atom. The van der Waals surface area contributed by atoms with E-state index in [1.165, 1.54) is 23.3 Å². The SMILES string of the molecule is Cn1cnc(S(=O)(=O)N2CCC(N3CC4(CCCCC4)OC3=O)CC2)c1. The lowest BCUT2D eigenvalue weighted by Gasteiger charge is -2.35. The van der Waals surface area contributed by atoms with Crippen LogP contribution < -0.4 is 0 Å². The summed E-state index contributed by atoms with van der Waals surface area (Å²) in [5.74, 6) is 0. The van der Waals surface area contributed by atoms with E-state index in [-0.39, 0.29) is 22.8 Å². The first-order valence-corrected chi connectivity index (χ1v) is 10.8. The van der Waals surface area contributed by atoms with Crippen molar-refractivity contribution >= 4 is 16.1 Å². The first-order chi connectivity index (χ1) is 12.4. The maximum atomic E-state index is 12.7. The topological polar surface area (TPSA) is 84.7 Å². The molecule has 2 aliphatic heterocycles. The minimum Gasteiger partial charge on any atom is -0.441 e. The van der Waals surface area contributed by atoms with Gasteiger partial charge in [-0.3, -0.25) is 0 Å². The molecule has 1 saturated carbocycles. The molecule has 1 aromatic rings. The highest BCUT2D eigenvalue weighted by molar-refractivity contribution is 7.89. The van der Waals surface area contributed by atoms with E-state index < -0.39 is 10.0 Å². The fourth-order valence-corrected chi connectivity index (χ4v) is 5.87. The van der Waals surface area contributed by atoms with Gasteiger partial charge in [0.2, 0.25) is 0 Å². The van der Waals surface area contributed by atoms with Crippen LogP contribution in [-0.2, 0) is 21.8 Å². The van der Waals surface area contributed by atoms with Crippen LogP contribution in [0.5, 0.6) is 0 Å². The Hall–Kier alpha value is -1.61. The number of ether oxygens (including phenoxy) is 1. The highest BCUT2D eigenvalue weighted by atomic mass is 32.2. The van der Waals surface area contributed by atoms with Crippen LogP contribution in [0.15, 0.2) is 17.6 Å². The number of hydrogen-bond acceptors (Lipinski definition) is 5. The van der Waals surface area contributed by atoms with E-state index in [0.29, 0.717) is 32.5 Å². The molecule has 0 radical (unpaired) electrons. The lowest BCUT2D eigenvalue weighted by molar-refractivity contribution is 0.0259. The quantitative estimate of drug-likeness (QED) is 0.795. The molecule has 0 N–H and O–H groups in total. The minimum absolute atomic E-state index is 0.0546. The van der Waals surface area contributed by atoms with E-state index in [9.17, 15) is 13.2 Å². The summed E-state index contributed by atoms with van der Waals surface area (Å²) in [4.78, 5) is 18.2. The van der Waals surface area contributed by atoms with Gasteiger partial charge in [-0.15, -0.1) is 0 Å². The molecule has 26 heavy (non-hydrogen) atoms. The lowest BCUT2D eigenvalue weighted by Crippen LogP contribution is -2.48. The predicted molar refractivity (Wildman–Crippen MR) is 94.0 cm³/mol. The van der Waals surface area contributed by atoms with Gasteiger partial charge in [0, 0.05) is 32.4 Å². The molecule has 1 aromatic heterocycles. The summed E-state index contributed by atoms with van der Waals surface area (Å²) in [7, 11) is -1.81. The summed E-state index contributed by atoms with van der Waals surface area (Å²) in [6.45, 7) is 1.46. The molecule has 0 bridgehead atoms. The van der Waals surface area contributed by atoms with Crippen LogP contribution in [0.25, 0.3) is 0 Å². The van der Waals surface area contributed by atoms with Crippen LogP contribution in [0.1, 0.15) is 44.9 Å². The maximum absolute atomic E-state index is 12.7. The van der Waals surface area contributed by atoms with Crippen molar-refractivity contribution in [2.45, 2.75) is 61.6 Å². The van der Waals surface area contributed by atoms with Gasteiger partial charge in [0.15, 0.2) is 5.03 Å². The normalized spacial score (nSPS) is 25.0. The van der Waals surface area contributed by atoms with Crippen molar-refractivity contribution in [2.75, 3.05) is 19.6 Å². The molecule has 3 heterocycles. The Kier molecular flexibility index (Phi) is 4.46. The molecule has 9 heteroatoms. The van der Waals surface area contributed by atoms with Crippen LogP contribution in [0.2, 0.25) is 0 Å². The summed E-state index contributed by atoms with van der Waals surface area (Å²) in [6.07, 6.45) is 9.39. The molecule has 144 valence electrons. The van der Waals surface area contributed by atoms with E-state index in [4.69, 9.17) is 4.74 Å². The molecule has 1 aliphatic carbocycles. The number of imidazole rings is 1. The van der Waals surface area contributed by atoms with E-state index in [1.54, 1.807) is 11.6 Å². The van der Waals surface area contributed by atoms with E-state index in [2.05, 4.69) is 4.98 Å². The van der Waals surface area contributed by atoms with Gasteiger partial charge in [-0.25, -0.2) is 18.2 Å². The summed E-state index contributed by atoms with van der Waals surface area (Å²) in [5.41, 5.74) is -0.299. The minimum atomic E-state index is -3.56. The standard InChI is InChI=1S/C17H26N4O4S/c1-19-11-15(18-13-19)26(23,24)20-9-5-14(6-10-20)21-12-17(25-16(21)22)7-3-2-4-8-17/h11,13-14H,2-10,12H2,1H3. The largest absolute Gasteiger partial charge is 0.441 e. The Balaban J connectivity index is 1.40. The average Bonchev–Trinajstić information content (AvgIpc) is 3.20. The zero-order valence-corrected chi connectivity index (χ0v) is 15.9. The Morgan fingerprint density at radius 3 is 2.50 bits per heavy atom. The van der Waals surface area contributed by atoms with Crippen molar-refractivity contribution in [3.05, 3.63) is 12.5 Å². The van der Waals surface area contributed by atoms with Gasteiger partial charge in [0.1, 0.15) is 5.60 Å². The molecular weight excluding hydrogens is 356 g/mol. The lowest BCUT2D eigenvalue weighted by atomic mass is 9.84. The monoisotopic (exact) mass is 382 g/mol. The number of hydrogen-bond donors (Lipinski definition) is 0. The third-order valence-electron chi connectivity index (χ3n) is 5.91. The van der Waals surface area contributed by atoms with E-state index >= 15 is 0 Å². The first kappa shape index (κ1) is 17.8. The van der Waals surface area contributed by atoms with Gasteiger partial charge in [-0.2, -0.15) is 4.31 Å². The van der Waals surface area contributed by atoms with Gasteiger partial charge in [0.25, 0.3) is 10.0 Å². The number of aryl methyl sites for hydroxylation is 1. The molecule has 0 aromatic carbocycles. The Bertz CT molecular complexity index is 776. The van der Waals surface area contributed by atoms with Crippen molar-refractivity contribution in [3.8, 4) is 0 Å². The molecule has 2 saturated heterocycles. The number of carbonyl (C=O) groups is 1. The maximum Gasteiger partial charge on any atom is 0.410 e. The van der Waals surface area contributed by atoms with Crippen molar-refractivity contribution in [2.24, 2.45) is 7.05 Å².